The zero-order valence-corrected chi connectivity index (χ0v) is 31.5. The van der Waals surface area contributed by atoms with Gasteiger partial charge in [-0.05, 0) is 0 Å². The van der Waals surface area contributed by atoms with Gasteiger partial charge in [-0.15, -0.1) is 0 Å². The fraction of sp³-hybridized carbons (Fsp3) is 0.130. The van der Waals surface area contributed by atoms with E-state index in [1.807, 2.05) is 0 Å². The first-order valence-corrected chi connectivity index (χ1v) is 27.9. The van der Waals surface area contributed by atoms with Crippen LogP contribution >= 0.6 is 0 Å². The SMILES string of the molecule is CC1=Cc2c(-c3ccccc3)cccc2[CH]1[Ti]([CH3])([CH3])(=[SiH2])([c]1ccccc1)([c]1ccccc1)[CH]1C(C)=Cc2c(-c3ccccc3)cccc21. The fourth-order valence-corrected chi connectivity index (χ4v) is 37.4. The molecule has 0 aromatic heterocycles. The van der Waals surface area contributed by atoms with Crippen LogP contribution in [0.25, 0.3) is 34.4 Å². The molecule has 2 aliphatic carbocycles. The van der Waals surface area contributed by atoms with Gasteiger partial charge in [0, 0.05) is 0 Å². The van der Waals surface area contributed by atoms with Gasteiger partial charge >= 0.3 is 285 Å². The topological polar surface area (TPSA) is 0 Å². The third-order valence-electron chi connectivity index (χ3n) is 13.3. The Balaban J connectivity index is 1.57. The zero-order chi connectivity index (χ0) is 33.3. The monoisotopic (exact) mass is 672 g/mol. The van der Waals surface area contributed by atoms with E-state index in [2.05, 4.69) is 202 Å². The van der Waals surface area contributed by atoms with Crippen molar-refractivity contribution in [2.24, 2.45) is 0 Å². The predicted octanol–water partition coefficient (Wildman–Crippen LogP) is 10.7. The molecule has 0 N–H and O–H groups in total. The Morgan fingerprint density at radius 3 is 1.10 bits per heavy atom. The molecule has 0 spiro atoms. The maximum atomic E-state index is 2.81. The van der Waals surface area contributed by atoms with Gasteiger partial charge in [-0.1, -0.05) is 0 Å². The van der Waals surface area contributed by atoms with Crippen LogP contribution in [0.2, 0.25) is 10.5 Å². The summed E-state index contributed by atoms with van der Waals surface area (Å²) in [7, 11) is 2.43. The van der Waals surface area contributed by atoms with Crippen molar-refractivity contribution >= 4 is 27.5 Å². The summed E-state index contributed by atoms with van der Waals surface area (Å²) >= 11 is -5.65. The molecule has 6 aromatic carbocycles. The molecule has 0 saturated carbocycles. The van der Waals surface area contributed by atoms with Crippen molar-refractivity contribution in [3.8, 4) is 22.3 Å². The summed E-state index contributed by atoms with van der Waals surface area (Å²) in [6, 6.07) is 59.5. The van der Waals surface area contributed by atoms with Crippen LogP contribution in [0.15, 0.2) is 169 Å². The molecular weight excluding hydrogens is 628 g/mol. The van der Waals surface area contributed by atoms with E-state index in [-0.39, 0.29) is 8.45 Å². The van der Waals surface area contributed by atoms with E-state index in [0.717, 1.165) is 0 Å². The van der Waals surface area contributed by atoms with Crippen LogP contribution in [0.3, 0.4) is 0 Å². The molecular formula is C46H44SiTi. The van der Waals surface area contributed by atoms with Gasteiger partial charge in [0.1, 0.15) is 0 Å². The van der Waals surface area contributed by atoms with E-state index in [0.29, 0.717) is 0 Å². The van der Waals surface area contributed by atoms with Crippen LogP contribution in [0.5, 0.6) is 0 Å². The first kappa shape index (κ1) is 31.0. The summed E-state index contributed by atoms with van der Waals surface area (Å²) in [6.07, 6.45) is 5.07. The molecule has 2 unspecified atom stereocenters. The van der Waals surface area contributed by atoms with Crippen molar-refractivity contribution in [1.29, 1.82) is 0 Å². The Morgan fingerprint density at radius 1 is 0.417 bits per heavy atom. The quantitative estimate of drug-likeness (QED) is 0.155. The average molecular weight is 673 g/mol. The van der Waals surface area contributed by atoms with Crippen LogP contribution in [0.4, 0.5) is 0 Å². The Morgan fingerprint density at radius 2 is 0.750 bits per heavy atom. The second-order valence-electron chi connectivity index (χ2n) is 16.7. The molecule has 0 amide bonds. The third kappa shape index (κ3) is 3.76. The predicted molar refractivity (Wildman–Crippen MR) is 209 cm³/mol. The third-order valence-corrected chi connectivity index (χ3v) is 39.0. The minimum absolute atomic E-state index is 0.171. The minimum atomic E-state index is -5.65. The molecule has 0 heterocycles. The van der Waals surface area contributed by atoms with Crippen molar-refractivity contribution in [1.82, 2.24) is 0 Å². The average Bonchev–Trinajstić information content (AvgIpc) is 3.67. The summed E-state index contributed by atoms with van der Waals surface area (Å²) in [5, 5.41) is 5.61. The van der Waals surface area contributed by atoms with E-state index in [1.165, 1.54) is 63.4 Å². The molecule has 8 rings (SSSR count). The maximum absolute atomic E-state index is 5.65. The van der Waals surface area contributed by atoms with Gasteiger partial charge in [-0.2, -0.15) is 0 Å². The molecule has 0 bridgehead atoms. The molecule has 48 heavy (non-hydrogen) atoms. The first-order valence-electron chi connectivity index (χ1n) is 17.4. The van der Waals surface area contributed by atoms with Crippen molar-refractivity contribution in [2.75, 3.05) is 0 Å². The molecule has 2 heteroatoms. The van der Waals surface area contributed by atoms with Gasteiger partial charge in [-0.25, -0.2) is 0 Å². The van der Waals surface area contributed by atoms with Crippen LogP contribution in [-0.4, -0.2) is 7.63 Å². The second kappa shape index (κ2) is 9.89. The number of benzene rings is 6. The van der Waals surface area contributed by atoms with Crippen LogP contribution < -0.4 is 7.74 Å². The molecule has 2 aliphatic rings. The fourth-order valence-electron chi connectivity index (χ4n) is 11.5. The van der Waals surface area contributed by atoms with Crippen molar-refractivity contribution < 1.29 is 11.5 Å². The van der Waals surface area contributed by atoms with Gasteiger partial charge < -0.3 is 0 Å². The molecule has 0 nitrogen and oxygen atoms in total. The van der Waals surface area contributed by atoms with E-state index >= 15 is 0 Å². The van der Waals surface area contributed by atoms with Gasteiger partial charge in [0.15, 0.2) is 0 Å². The van der Waals surface area contributed by atoms with Crippen molar-refractivity contribution in [3.63, 3.8) is 0 Å². The molecule has 2 atom stereocenters. The van der Waals surface area contributed by atoms with Crippen molar-refractivity contribution in [3.05, 3.63) is 191 Å². The number of allylic oxidation sites excluding steroid dienone is 2. The van der Waals surface area contributed by atoms with Gasteiger partial charge in [0.25, 0.3) is 0 Å². The van der Waals surface area contributed by atoms with Gasteiger partial charge in [0.2, 0.25) is 0 Å². The zero-order valence-electron chi connectivity index (χ0n) is 28.5. The number of hydrogen-bond donors (Lipinski definition) is 0. The summed E-state index contributed by atoms with van der Waals surface area (Å²) in [5.41, 5.74) is 13.7. The molecule has 0 radical (unpaired) electrons. The summed E-state index contributed by atoms with van der Waals surface area (Å²) in [4.78, 5) is 0. The van der Waals surface area contributed by atoms with E-state index < -0.39 is 11.5 Å². The first-order chi connectivity index (χ1) is 23.0. The van der Waals surface area contributed by atoms with Crippen LogP contribution in [-0.2, 0) is 11.5 Å². The Bertz CT molecular complexity index is 2260. The number of hydrogen-bond acceptors (Lipinski definition) is 0. The molecule has 0 fully saturated rings. The Hall–Kier alpha value is -4.27. The summed E-state index contributed by atoms with van der Waals surface area (Å²) in [6.45, 7) is 4.84. The Kier molecular flexibility index (Phi) is 6.39. The van der Waals surface area contributed by atoms with Crippen LogP contribution in [0, 0.1) is 0 Å². The standard InChI is InChI=1S/2C16H13.2C6H5.2CH3.H2Si.Ti/c2*1-12-10-14-8-5-9-15(16(14)11-12)13-6-3-2-4-7-13;2*1-2-4-6-5-3-1;;;;/h2*2-11H,1H3;2*1-5H;2*1H3;1H2;. The van der Waals surface area contributed by atoms with Crippen molar-refractivity contribution in [2.45, 2.75) is 32.7 Å². The normalized spacial score (nSPS) is 19.1. The number of rotatable bonds is 6. The van der Waals surface area contributed by atoms with Gasteiger partial charge in [0.05, 0.1) is 0 Å². The van der Waals surface area contributed by atoms with E-state index in [4.69, 9.17) is 0 Å². The van der Waals surface area contributed by atoms with Crippen LogP contribution in [0.1, 0.15) is 44.5 Å². The van der Waals surface area contributed by atoms with E-state index in [1.54, 1.807) is 0 Å². The summed E-state index contributed by atoms with van der Waals surface area (Å²) in [5.74, 6) is 0. The molecule has 0 saturated heterocycles. The number of fused-ring (bicyclic) bond motifs is 2. The molecule has 6 aromatic rings. The summed E-state index contributed by atoms with van der Waals surface area (Å²) < 4.78 is 3.33. The van der Waals surface area contributed by atoms with E-state index in [9.17, 15) is 0 Å². The molecule has 0 aliphatic heterocycles. The Labute approximate surface area is 283 Å². The molecule has 236 valence electrons. The van der Waals surface area contributed by atoms with Gasteiger partial charge in [-0.3, -0.25) is 0 Å². The second-order valence-corrected chi connectivity index (χ2v) is 48.0.